The number of hydrogen-bond donors (Lipinski definition) is 0. The predicted molar refractivity (Wildman–Crippen MR) is 72.4 cm³/mol. The molecule has 0 radical (unpaired) electrons. The van der Waals surface area contributed by atoms with Crippen LogP contribution < -0.4 is 0 Å². The molecule has 0 aromatic rings. The molecular weight excluding hydrogens is 270 g/mol. The van der Waals surface area contributed by atoms with Gasteiger partial charge in [-0.05, 0) is 46.8 Å². The molecule has 0 atom stereocenters. The fourth-order valence-corrected chi connectivity index (χ4v) is 3.32. The molecule has 0 aliphatic carbocycles. The van der Waals surface area contributed by atoms with Gasteiger partial charge in [0.05, 0.1) is 5.25 Å². The molecule has 0 aromatic carbocycles. The minimum atomic E-state index is -3.53. The Morgan fingerprint density at radius 1 is 1.16 bits per heavy atom. The number of nitrogens with zero attached hydrogens (tertiary/aromatic N) is 1. The second-order valence-corrected chi connectivity index (χ2v) is 6.51. The first-order valence-corrected chi connectivity index (χ1v) is 8.26. The van der Waals surface area contributed by atoms with E-state index < -0.39 is 21.7 Å². The maximum Gasteiger partial charge on any atom is 0.270 e. The Morgan fingerprint density at radius 2 is 1.68 bits per heavy atom. The van der Waals surface area contributed by atoms with Crippen LogP contribution in [0.2, 0.25) is 0 Å². The quantitative estimate of drug-likeness (QED) is 0.488. The molecule has 1 aliphatic rings. The molecule has 0 amide bonds. The summed E-state index contributed by atoms with van der Waals surface area (Å²) in [5.41, 5.74) is 0. The van der Waals surface area contributed by atoms with Gasteiger partial charge in [0.2, 0.25) is 0 Å². The number of piperidine rings is 1. The van der Waals surface area contributed by atoms with Crippen LogP contribution >= 0.6 is 0 Å². The summed E-state index contributed by atoms with van der Waals surface area (Å²) >= 11 is 0. The van der Waals surface area contributed by atoms with Gasteiger partial charge >= 0.3 is 0 Å². The van der Waals surface area contributed by atoms with Crippen LogP contribution in [-0.2, 0) is 23.8 Å². The van der Waals surface area contributed by atoms with E-state index >= 15 is 0 Å². The van der Waals surface area contributed by atoms with Crippen molar-refractivity contribution in [1.82, 2.24) is 4.90 Å². The SMILES string of the molecule is CCOC(COS(=O)(=O)C1CCN(C)CC1)OCC. The molecule has 0 bridgehead atoms. The lowest BCUT2D eigenvalue weighted by Gasteiger charge is -2.28. The molecular formula is C12H25NO5S. The zero-order valence-electron chi connectivity index (χ0n) is 12.0. The molecule has 0 spiro atoms. The first-order chi connectivity index (χ1) is 8.99. The van der Waals surface area contributed by atoms with Crippen LogP contribution in [0.4, 0.5) is 0 Å². The smallest absolute Gasteiger partial charge is 0.270 e. The van der Waals surface area contributed by atoms with Crippen LogP contribution in [0.25, 0.3) is 0 Å². The van der Waals surface area contributed by atoms with Gasteiger partial charge < -0.3 is 14.4 Å². The monoisotopic (exact) mass is 295 g/mol. The van der Waals surface area contributed by atoms with E-state index in [1.165, 1.54) is 0 Å². The lowest BCUT2D eigenvalue weighted by Crippen LogP contribution is -2.38. The van der Waals surface area contributed by atoms with Crippen molar-refractivity contribution in [3.05, 3.63) is 0 Å². The molecule has 0 saturated carbocycles. The molecule has 1 saturated heterocycles. The Balaban J connectivity index is 2.44. The van der Waals surface area contributed by atoms with Crippen LogP contribution in [0, 0.1) is 0 Å². The highest BCUT2D eigenvalue weighted by Crippen LogP contribution is 2.18. The molecule has 1 aliphatic heterocycles. The highest BCUT2D eigenvalue weighted by atomic mass is 32.2. The number of rotatable bonds is 8. The first-order valence-electron chi connectivity index (χ1n) is 6.79. The van der Waals surface area contributed by atoms with Crippen molar-refractivity contribution in [2.75, 3.05) is 40.0 Å². The minimum absolute atomic E-state index is 0.0731. The normalized spacial score (nSPS) is 19.2. The van der Waals surface area contributed by atoms with Gasteiger partial charge in [-0.2, -0.15) is 8.42 Å². The van der Waals surface area contributed by atoms with Gasteiger partial charge in [0.25, 0.3) is 10.1 Å². The van der Waals surface area contributed by atoms with E-state index in [2.05, 4.69) is 4.90 Å². The van der Waals surface area contributed by atoms with Crippen molar-refractivity contribution in [1.29, 1.82) is 0 Å². The van der Waals surface area contributed by atoms with Crippen molar-refractivity contribution < 1.29 is 22.1 Å². The van der Waals surface area contributed by atoms with E-state index in [0.29, 0.717) is 26.1 Å². The first kappa shape index (κ1) is 16.8. The second-order valence-electron chi connectivity index (χ2n) is 4.62. The van der Waals surface area contributed by atoms with Crippen molar-refractivity contribution in [3.8, 4) is 0 Å². The molecule has 19 heavy (non-hydrogen) atoms. The number of hydrogen-bond acceptors (Lipinski definition) is 6. The fraction of sp³-hybridized carbons (Fsp3) is 1.00. The Kier molecular flexibility index (Phi) is 7.23. The standard InChI is InChI=1S/C12H25NO5S/c1-4-16-12(17-5-2)10-18-19(14,15)11-6-8-13(3)9-7-11/h11-12H,4-10H2,1-3H3. The predicted octanol–water partition coefficient (Wildman–Crippen LogP) is 0.826. The molecule has 7 heteroatoms. The third-order valence-electron chi connectivity index (χ3n) is 3.15. The largest absolute Gasteiger partial charge is 0.350 e. The van der Waals surface area contributed by atoms with Gasteiger partial charge in [-0.3, -0.25) is 4.18 Å². The van der Waals surface area contributed by atoms with E-state index in [1.807, 2.05) is 20.9 Å². The van der Waals surface area contributed by atoms with Crippen LogP contribution in [-0.4, -0.2) is 64.8 Å². The molecule has 1 rings (SSSR count). The molecule has 1 fully saturated rings. The van der Waals surface area contributed by atoms with Gasteiger partial charge in [-0.1, -0.05) is 0 Å². The maximum atomic E-state index is 12.1. The Hall–Kier alpha value is -0.210. The van der Waals surface area contributed by atoms with E-state index in [4.69, 9.17) is 13.7 Å². The van der Waals surface area contributed by atoms with E-state index in [9.17, 15) is 8.42 Å². The summed E-state index contributed by atoms with van der Waals surface area (Å²) in [4.78, 5) is 2.12. The molecule has 0 unspecified atom stereocenters. The summed E-state index contributed by atoms with van der Waals surface area (Å²) in [6.07, 6.45) is 0.621. The topological polar surface area (TPSA) is 65.1 Å². The van der Waals surface area contributed by atoms with Gasteiger partial charge in [-0.25, -0.2) is 0 Å². The maximum absolute atomic E-state index is 12.1. The van der Waals surface area contributed by atoms with E-state index in [-0.39, 0.29) is 6.61 Å². The van der Waals surface area contributed by atoms with Crippen molar-refractivity contribution in [3.63, 3.8) is 0 Å². The number of ether oxygens (including phenoxy) is 2. The number of likely N-dealkylation sites (tertiary alicyclic amines) is 1. The average Bonchev–Trinajstić information content (AvgIpc) is 2.37. The summed E-state index contributed by atoms with van der Waals surface area (Å²) in [6, 6.07) is 0. The Morgan fingerprint density at radius 3 is 2.16 bits per heavy atom. The van der Waals surface area contributed by atoms with E-state index in [1.54, 1.807) is 0 Å². The van der Waals surface area contributed by atoms with Crippen molar-refractivity contribution in [2.24, 2.45) is 0 Å². The van der Waals surface area contributed by atoms with E-state index in [0.717, 1.165) is 13.1 Å². The molecule has 1 heterocycles. The average molecular weight is 295 g/mol. The van der Waals surface area contributed by atoms with Gasteiger partial charge in [0.1, 0.15) is 6.61 Å². The zero-order chi connectivity index (χ0) is 14.3. The summed E-state index contributed by atoms with van der Waals surface area (Å²) < 4.78 is 39.7. The highest BCUT2D eigenvalue weighted by molar-refractivity contribution is 7.87. The van der Waals surface area contributed by atoms with Crippen LogP contribution in [0.15, 0.2) is 0 Å². The fourth-order valence-electron chi connectivity index (χ4n) is 2.04. The molecule has 0 N–H and O–H groups in total. The summed E-state index contributed by atoms with van der Waals surface area (Å²) in [6.45, 7) is 6.08. The summed E-state index contributed by atoms with van der Waals surface area (Å²) in [5, 5.41) is -0.410. The van der Waals surface area contributed by atoms with Gasteiger partial charge in [0.15, 0.2) is 6.29 Å². The zero-order valence-corrected chi connectivity index (χ0v) is 12.8. The van der Waals surface area contributed by atoms with Gasteiger partial charge in [-0.15, -0.1) is 0 Å². The van der Waals surface area contributed by atoms with Gasteiger partial charge in [0, 0.05) is 13.2 Å². The third-order valence-corrected chi connectivity index (χ3v) is 4.90. The third kappa shape index (κ3) is 5.74. The molecule has 6 nitrogen and oxygen atoms in total. The highest BCUT2D eigenvalue weighted by Gasteiger charge is 2.30. The van der Waals surface area contributed by atoms with Crippen molar-refractivity contribution in [2.45, 2.75) is 38.2 Å². The van der Waals surface area contributed by atoms with Crippen LogP contribution in [0.3, 0.4) is 0 Å². The summed E-state index contributed by atoms with van der Waals surface area (Å²) in [5.74, 6) is 0. The van der Waals surface area contributed by atoms with Crippen LogP contribution in [0.5, 0.6) is 0 Å². The Bertz CT molecular complexity index is 332. The molecule has 114 valence electrons. The minimum Gasteiger partial charge on any atom is -0.350 e. The lowest BCUT2D eigenvalue weighted by molar-refractivity contribution is -0.151. The summed E-state index contributed by atoms with van der Waals surface area (Å²) in [7, 11) is -1.54. The van der Waals surface area contributed by atoms with Crippen LogP contribution in [0.1, 0.15) is 26.7 Å². The Labute approximate surface area is 116 Å². The molecule has 0 aromatic heterocycles. The second kappa shape index (κ2) is 8.16. The lowest BCUT2D eigenvalue weighted by atomic mass is 10.1. The van der Waals surface area contributed by atoms with Crippen molar-refractivity contribution >= 4 is 10.1 Å².